The maximum Gasteiger partial charge on any atom is 0.337 e. The Labute approximate surface area is 186 Å². The molecule has 2 aliphatic heterocycles. The second kappa shape index (κ2) is 8.07. The third-order valence-electron chi connectivity index (χ3n) is 5.72. The largest absolute Gasteiger partial charge is 0.490 e. The lowest BCUT2D eigenvalue weighted by molar-refractivity contribution is -0.0212. The summed E-state index contributed by atoms with van der Waals surface area (Å²) in [5.41, 5.74) is 3.26. The lowest BCUT2D eigenvalue weighted by atomic mass is 9.97. The summed E-state index contributed by atoms with van der Waals surface area (Å²) in [6, 6.07) is 17.0. The van der Waals surface area contributed by atoms with Gasteiger partial charge in [0.25, 0.3) is 0 Å². The van der Waals surface area contributed by atoms with E-state index in [9.17, 15) is 4.79 Å². The Morgan fingerprint density at radius 3 is 2.66 bits per heavy atom. The lowest BCUT2D eigenvalue weighted by Crippen LogP contribution is -2.34. The number of furan rings is 1. The first-order chi connectivity index (χ1) is 15.6. The average Bonchev–Trinajstić information content (AvgIpc) is 3.45. The molecular weight excluding hydrogens is 408 g/mol. The van der Waals surface area contributed by atoms with Crippen LogP contribution in [0.4, 0.5) is 0 Å². The van der Waals surface area contributed by atoms with Crippen LogP contribution in [0.1, 0.15) is 58.6 Å². The summed E-state index contributed by atoms with van der Waals surface area (Å²) in [4.78, 5) is 11.9. The molecule has 5 rings (SSSR count). The molecule has 0 amide bonds. The molecule has 2 unspecified atom stereocenters. The maximum absolute atomic E-state index is 11.9. The van der Waals surface area contributed by atoms with E-state index in [1.165, 1.54) is 7.11 Å². The van der Waals surface area contributed by atoms with E-state index < -0.39 is 6.23 Å². The Bertz CT molecular complexity index is 1180. The molecule has 2 aromatic carbocycles. The van der Waals surface area contributed by atoms with Crippen LogP contribution in [0.2, 0.25) is 0 Å². The molecule has 0 radical (unpaired) electrons. The second-order valence-electron chi connectivity index (χ2n) is 7.75. The highest BCUT2D eigenvalue weighted by Gasteiger charge is 2.42. The molecule has 0 fully saturated rings. The Hall–Kier alpha value is -3.74. The minimum atomic E-state index is -0.477. The SMILES string of the molecule is CCOc1cccc2c1OC(c1ccc(C(=O)OC)cc1)N1N=C(c3ccc(C)o3)CC21. The van der Waals surface area contributed by atoms with Gasteiger partial charge in [-0.2, -0.15) is 5.10 Å². The highest BCUT2D eigenvalue weighted by atomic mass is 16.5. The monoisotopic (exact) mass is 432 g/mol. The van der Waals surface area contributed by atoms with E-state index in [-0.39, 0.29) is 12.0 Å². The highest BCUT2D eigenvalue weighted by Crippen LogP contribution is 2.50. The lowest BCUT2D eigenvalue weighted by Gasteiger charge is -2.38. The van der Waals surface area contributed by atoms with Crippen LogP contribution in [0.15, 0.2) is 64.1 Å². The van der Waals surface area contributed by atoms with Gasteiger partial charge >= 0.3 is 5.97 Å². The van der Waals surface area contributed by atoms with Crippen molar-refractivity contribution in [1.82, 2.24) is 5.01 Å². The third kappa shape index (κ3) is 3.39. The predicted molar refractivity (Wildman–Crippen MR) is 118 cm³/mol. The third-order valence-corrected chi connectivity index (χ3v) is 5.72. The van der Waals surface area contributed by atoms with Crippen molar-refractivity contribution < 1.29 is 23.4 Å². The van der Waals surface area contributed by atoms with Gasteiger partial charge in [0.15, 0.2) is 11.5 Å². The Balaban J connectivity index is 1.57. The fourth-order valence-electron chi connectivity index (χ4n) is 4.21. The number of methoxy groups -OCH3 is 1. The molecule has 7 heteroatoms. The van der Waals surface area contributed by atoms with Crippen LogP contribution >= 0.6 is 0 Å². The number of fused-ring (bicyclic) bond motifs is 3. The van der Waals surface area contributed by atoms with Gasteiger partial charge in [0.2, 0.25) is 6.23 Å². The fraction of sp³-hybridized carbons (Fsp3) is 0.280. The summed E-state index contributed by atoms with van der Waals surface area (Å²) in [5, 5.41) is 6.87. The van der Waals surface area contributed by atoms with E-state index >= 15 is 0 Å². The molecule has 7 nitrogen and oxygen atoms in total. The molecule has 3 aromatic rings. The number of para-hydroxylation sites is 1. The number of ether oxygens (including phenoxy) is 3. The number of hydrogen-bond acceptors (Lipinski definition) is 7. The Morgan fingerprint density at radius 2 is 1.97 bits per heavy atom. The summed E-state index contributed by atoms with van der Waals surface area (Å²) in [7, 11) is 1.37. The number of esters is 1. The molecule has 2 atom stereocenters. The molecule has 0 saturated heterocycles. The van der Waals surface area contributed by atoms with Gasteiger partial charge in [-0.05, 0) is 44.2 Å². The number of carbonyl (C=O) groups excluding carboxylic acids is 1. The molecule has 1 aromatic heterocycles. The Kier molecular flexibility index (Phi) is 5.09. The molecule has 0 saturated carbocycles. The van der Waals surface area contributed by atoms with Crippen LogP contribution < -0.4 is 9.47 Å². The van der Waals surface area contributed by atoms with Gasteiger partial charge in [0.05, 0.1) is 25.3 Å². The van der Waals surface area contributed by atoms with Crippen molar-refractivity contribution in [1.29, 1.82) is 0 Å². The van der Waals surface area contributed by atoms with Crippen molar-refractivity contribution in [3.63, 3.8) is 0 Å². The van der Waals surface area contributed by atoms with Gasteiger partial charge < -0.3 is 18.6 Å². The highest BCUT2D eigenvalue weighted by molar-refractivity contribution is 5.99. The zero-order valence-electron chi connectivity index (χ0n) is 18.2. The van der Waals surface area contributed by atoms with E-state index in [0.29, 0.717) is 24.3 Å². The summed E-state index contributed by atoms with van der Waals surface area (Å²) < 4.78 is 23.0. The van der Waals surface area contributed by atoms with Gasteiger partial charge in [0, 0.05) is 17.5 Å². The number of hydrogen-bond donors (Lipinski definition) is 0. The minimum absolute atomic E-state index is 0.0233. The zero-order valence-corrected chi connectivity index (χ0v) is 18.2. The molecule has 0 aliphatic carbocycles. The maximum atomic E-state index is 11.9. The van der Waals surface area contributed by atoms with Crippen LogP contribution in [0.25, 0.3) is 0 Å². The molecular formula is C25H24N2O5. The van der Waals surface area contributed by atoms with E-state index in [1.54, 1.807) is 12.1 Å². The number of carbonyl (C=O) groups is 1. The number of hydrazone groups is 1. The number of rotatable bonds is 5. The first-order valence-electron chi connectivity index (χ1n) is 10.6. The standard InChI is InChI=1S/C25H24N2O5/c1-4-30-22-7-5-6-18-20-14-19(21-13-8-15(2)31-21)26-27(20)24(32-23(18)22)16-9-11-17(12-10-16)25(28)29-3/h5-13,20,24H,4,14H2,1-3H3. The van der Waals surface area contributed by atoms with Crippen LogP contribution in [0.3, 0.4) is 0 Å². The summed E-state index contributed by atoms with van der Waals surface area (Å²) in [5.74, 6) is 2.67. The molecule has 3 heterocycles. The van der Waals surface area contributed by atoms with Crippen LogP contribution in [-0.2, 0) is 4.74 Å². The molecule has 0 spiro atoms. The predicted octanol–water partition coefficient (Wildman–Crippen LogP) is 5.02. The van der Waals surface area contributed by atoms with E-state index in [0.717, 1.165) is 34.1 Å². The topological polar surface area (TPSA) is 73.5 Å². The summed E-state index contributed by atoms with van der Waals surface area (Å²) >= 11 is 0. The van der Waals surface area contributed by atoms with Crippen LogP contribution in [0.5, 0.6) is 11.5 Å². The molecule has 164 valence electrons. The van der Waals surface area contributed by atoms with Crippen LogP contribution in [0, 0.1) is 6.92 Å². The van der Waals surface area contributed by atoms with Crippen molar-refractivity contribution in [2.75, 3.05) is 13.7 Å². The molecule has 2 aliphatic rings. The summed E-state index contributed by atoms with van der Waals surface area (Å²) in [6.45, 7) is 4.42. The number of nitrogens with zero attached hydrogens (tertiary/aromatic N) is 2. The van der Waals surface area contributed by atoms with E-state index in [1.807, 2.05) is 55.3 Å². The van der Waals surface area contributed by atoms with Gasteiger partial charge in [-0.25, -0.2) is 9.80 Å². The average molecular weight is 432 g/mol. The van der Waals surface area contributed by atoms with Crippen molar-refractivity contribution in [3.05, 3.63) is 82.8 Å². The number of aryl methyl sites for hydroxylation is 1. The van der Waals surface area contributed by atoms with E-state index in [2.05, 4.69) is 6.07 Å². The van der Waals surface area contributed by atoms with Crippen LogP contribution in [-0.4, -0.2) is 30.4 Å². The first kappa shape index (κ1) is 20.2. The van der Waals surface area contributed by atoms with Gasteiger partial charge in [-0.3, -0.25) is 0 Å². The fourth-order valence-corrected chi connectivity index (χ4v) is 4.21. The van der Waals surface area contributed by atoms with Crippen molar-refractivity contribution in [2.45, 2.75) is 32.5 Å². The first-order valence-corrected chi connectivity index (χ1v) is 10.6. The van der Waals surface area contributed by atoms with Gasteiger partial charge in [-0.1, -0.05) is 24.3 Å². The summed E-state index contributed by atoms with van der Waals surface area (Å²) in [6.07, 6.45) is 0.213. The smallest absolute Gasteiger partial charge is 0.337 e. The zero-order chi connectivity index (χ0) is 22.2. The molecule has 32 heavy (non-hydrogen) atoms. The molecule has 0 N–H and O–H groups in total. The van der Waals surface area contributed by atoms with Crippen molar-refractivity contribution in [3.8, 4) is 11.5 Å². The number of benzene rings is 2. The Morgan fingerprint density at radius 1 is 1.16 bits per heavy atom. The van der Waals surface area contributed by atoms with Crippen molar-refractivity contribution >= 4 is 11.7 Å². The van der Waals surface area contributed by atoms with Crippen molar-refractivity contribution in [2.24, 2.45) is 5.10 Å². The quantitative estimate of drug-likeness (QED) is 0.528. The van der Waals surface area contributed by atoms with E-state index in [4.69, 9.17) is 23.7 Å². The van der Waals surface area contributed by atoms with Gasteiger partial charge in [0.1, 0.15) is 17.2 Å². The second-order valence-corrected chi connectivity index (χ2v) is 7.75. The molecule has 0 bridgehead atoms. The van der Waals surface area contributed by atoms with Gasteiger partial charge in [-0.15, -0.1) is 0 Å². The minimum Gasteiger partial charge on any atom is -0.490 e. The normalized spacial score (nSPS) is 19.0.